The third kappa shape index (κ3) is 3.65. The average Bonchev–Trinajstić information content (AvgIpc) is 3.50. The molecule has 2 fully saturated rings. The predicted octanol–water partition coefficient (Wildman–Crippen LogP) is 4.57. The van der Waals surface area contributed by atoms with Crippen LogP contribution in [0.4, 0.5) is 0 Å². The Bertz CT molecular complexity index is 965. The molecule has 1 aliphatic heterocycles. The van der Waals surface area contributed by atoms with E-state index in [0.29, 0.717) is 6.04 Å². The van der Waals surface area contributed by atoms with E-state index in [4.69, 9.17) is 12.2 Å². The summed E-state index contributed by atoms with van der Waals surface area (Å²) in [6.45, 7) is 0.724. The smallest absolute Gasteiger partial charge is 0.170 e. The predicted molar refractivity (Wildman–Crippen MR) is 117 cm³/mol. The number of hydrogen-bond donors (Lipinski definition) is 1. The van der Waals surface area contributed by atoms with Crippen LogP contribution in [0, 0.1) is 0 Å². The van der Waals surface area contributed by atoms with Crippen LogP contribution in [0.5, 0.6) is 0 Å². The second-order valence-electron chi connectivity index (χ2n) is 7.95. The Hall–Kier alpha value is -2.73. The highest BCUT2D eigenvalue weighted by Gasteiger charge is 2.40. The molecule has 3 aromatic rings. The molecule has 2 atom stereocenters. The molecule has 1 saturated heterocycles. The Labute approximate surface area is 176 Å². The standard InChI is InChI=1S/C23H25N5S/c29-23-26-21(20-9-3-4-12-25-20)22(28(23)15-17-6-5-11-24-14-17)18-10-13-27(16-18)19-7-1-2-8-19/h3-6,9-14,16,19,21-22H,1-2,7-8,15H2,(H,26,29)/t21-,22-/m1/s1. The zero-order valence-corrected chi connectivity index (χ0v) is 17.1. The van der Waals surface area contributed by atoms with Crippen molar-refractivity contribution in [3.63, 3.8) is 0 Å². The number of nitrogens with zero attached hydrogens (tertiary/aromatic N) is 4. The minimum absolute atomic E-state index is 0.0276. The van der Waals surface area contributed by atoms with Crippen LogP contribution in [-0.4, -0.2) is 24.5 Å². The maximum Gasteiger partial charge on any atom is 0.170 e. The molecule has 1 saturated carbocycles. The number of rotatable bonds is 5. The van der Waals surface area contributed by atoms with Gasteiger partial charge in [0.05, 0.1) is 17.8 Å². The fraction of sp³-hybridized carbons (Fsp3) is 0.348. The Kier molecular flexibility index (Phi) is 5.02. The number of hydrogen-bond acceptors (Lipinski definition) is 3. The van der Waals surface area contributed by atoms with Gasteiger partial charge in [-0.1, -0.05) is 25.0 Å². The van der Waals surface area contributed by atoms with Crippen LogP contribution in [-0.2, 0) is 6.54 Å². The minimum atomic E-state index is 0.0276. The molecule has 4 heterocycles. The van der Waals surface area contributed by atoms with Crippen LogP contribution in [0.2, 0.25) is 0 Å². The van der Waals surface area contributed by atoms with E-state index in [1.165, 1.54) is 31.2 Å². The maximum atomic E-state index is 5.77. The molecule has 0 spiro atoms. The molecule has 5 rings (SSSR count). The van der Waals surface area contributed by atoms with Crippen LogP contribution in [0.15, 0.2) is 67.4 Å². The van der Waals surface area contributed by atoms with Gasteiger partial charge in [-0.25, -0.2) is 0 Å². The number of thiocarbonyl (C=S) groups is 1. The van der Waals surface area contributed by atoms with E-state index in [9.17, 15) is 0 Å². The van der Waals surface area contributed by atoms with Gasteiger partial charge >= 0.3 is 0 Å². The van der Waals surface area contributed by atoms with Crippen LogP contribution < -0.4 is 5.32 Å². The third-order valence-corrected chi connectivity index (χ3v) is 6.45. The summed E-state index contributed by atoms with van der Waals surface area (Å²) in [5, 5.41) is 4.30. The molecule has 1 aliphatic carbocycles. The highest BCUT2D eigenvalue weighted by molar-refractivity contribution is 7.80. The molecule has 0 bridgehead atoms. The Morgan fingerprint density at radius 2 is 1.97 bits per heavy atom. The van der Waals surface area contributed by atoms with Gasteiger partial charge in [0.2, 0.25) is 0 Å². The lowest BCUT2D eigenvalue weighted by atomic mass is 9.99. The number of pyridine rings is 2. The molecule has 148 valence electrons. The molecule has 2 aliphatic rings. The summed E-state index contributed by atoms with van der Waals surface area (Å²) in [6, 6.07) is 13.2. The Morgan fingerprint density at radius 3 is 2.72 bits per heavy atom. The zero-order valence-electron chi connectivity index (χ0n) is 16.3. The third-order valence-electron chi connectivity index (χ3n) is 6.10. The van der Waals surface area contributed by atoms with Crippen molar-refractivity contribution in [2.24, 2.45) is 0 Å². The first-order valence-corrected chi connectivity index (χ1v) is 10.7. The van der Waals surface area contributed by atoms with Crippen LogP contribution >= 0.6 is 12.2 Å². The van der Waals surface area contributed by atoms with E-state index < -0.39 is 0 Å². The van der Waals surface area contributed by atoms with Crippen molar-refractivity contribution >= 4 is 17.3 Å². The van der Waals surface area contributed by atoms with Crippen LogP contribution in [0.3, 0.4) is 0 Å². The van der Waals surface area contributed by atoms with Crippen LogP contribution in [0.1, 0.15) is 60.6 Å². The van der Waals surface area contributed by atoms with E-state index in [1.54, 1.807) is 6.20 Å². The number of nitrogens with one attached hydrogen (secondary N) is 1. The van der Waals surface area contributed by atoms with Crippen molar-refractivity contribution in [3.8, 4) is 0 Å². The van der Waals surface area contributed by atoms with Crippen molar-refractivity contribution in [2.75, 3.05) is 0 Å². The second kappa shape index (κ2) is 7.95. The van der Waals surface area contributed by atoms with Crippen LogP contribution in [0.25, 0.3) is 0 Å². The molecule has 1 N–H and O–H groups in total. The highest BCUT2D eigenvalue weighted by atomic mass is 32.1. The first-order valence-electron chi connectivity index (χ1n) is 10.3. The van der Waals surface area contributed by atoms with Crippen molar-refractivity contribution in [2.45, 2.75) is 50.4 Å². The molecule has 0 aromatic carbocycles. The van der Waals surface area contributed by atoms with Gasteiger partial charge in [-0.2, -0.15) is 0 Å². The fourth-order valence-corrected chi connectivity index (χ4v) is 4.97. The lowest BCUT2D eigenvalue weighted by molar-refractivity contribution is 0.310. The summed E-state index contributed by atoms with van der Waals surface area (Å²) in [7, 11) is 0. The first kappa shape index (κ1) is 18.3. The van der Waals surface area contributed by atoms with Gasteiger partial charge in [0.15, 0.2) is 5.11 Å². The Balaban J connectivity index is 1.50. The maximum absolute atomic E-state index is 5.77. The molecule has 29 heavy (non-hydrogen) atoms. The molecule has 0 unspecified atom stereocenters. The summed E-state index contributed by atoms with van der Waals surface area (Å²) in [5.74, 6) is 0. The minimum Gasteiger partial charge on any atom is -0.352 e. The molecular formula is C23H25N5S. The van der Waals surface area contributed by atoms with E-state index in [2.05, 4.69) is 55.3 Å². The van der Waals surface area contributed by atoms with Crippen molar-refractivity contribution in [3.05, 3.63) is 84.2 Å². The summed E-state index contributed by atoms with van der Waals surface area (Å²) in [6.07, 6.45) is 15.3. The van der Waals surface area contributed by atoms with Crippen molar-refractivity contribution in [1.82, 2.24) is 24.8 Å². The monoisotopic (exact) mass is 403 g/mol. The van der Waals surface area contributed by atoms with E-state index in [-0.39, 0.29) is 12.1 Å². The summed E-state index contributed by atoms with van der Waals surface area (Å²) < 4.78 is 2.40. The van der Waals surface area contributed by atoms with E-state index in [0.717, 1.165) is 22.9 Å². The second-order valence-corrected chi connectivity index (χ2v) is 8.33. The lowest BCUT2D eigenvalue weighted by Crippen LogP contribution is -2.29. The SMILES string of the molecule is S=C1N[C@H](c2ccccn2)[C@@H](c2ccn(C3CCCC3)c2)N1Cc1cccnc1. The molecule has 3 aromatic heterocycles. The fourth-order valence-electron chi connectivity index (χ4n) is 4.66. The topological polar surface area (TPSA) is 46.0 Å². The van der Waals surface area contributed by atoms with Gasteiger partial charge in [-0.15, -0.1) is 0 Å². The summed E-state index contributed by atoms with van der Waals surface area (Å²) >= 11 is 5.77. The van der Waals surface area contributed by atoms with Gasteiger partial charge in [0.25, 0.3) is 0 Å². The molecule has 6 heteroatoms. The first-order chi connectivity index (χ1) is 14.3. The highest BCUT2D eigenvalue weighted by Crippen LogP contribution is 2.40. The largest absolute Gasteiger partial charge is 0.352 e. The molecule has 0 radical (unpaired) electrons. The average molecular weight is 404 g/mol. The van der Waals surface area contributed by atoms with Gasteiger partial charge in [0.1, 0.15) is 0 Å². The van der Waals surface area contributed by atoms with Gasteiger partial charge in [0, 0.05) is 43.6 Å². The van der Waals surface area contributed by atoms with Crippen molar-refractivity contribution in [1.29, 1.82) is 0 Å². The molecule has 5 nitrogen and oxygen atoms in total. The van der Waals surface area contributed by atoms with E-state index >= 15 is 0 Å². The lowest BCUT2D eigenvalue weighted by Gasteiger charge is -2.27. The van der Waals surface area contributed by atoms with Gasteiger partial charge in [-0.3, -0.25) is 9.97 Å². The summed E-state index contributed by atoms with van der Waals surface area (Å²) in [5.41, 5.74) is 3.45. The van der Waals surface area contributed by atoms with Crippen molar-refractivity contribution < 1.29 is 0 Å². The number of aromatic nitrogens is 3. The van der Waals surface area contributed by atoms with Gasteiger partial charge < -0.3 is 14.8 Å². The molecule has 0 amide bonds. The summed E-state index contributed by atoms with van der Waals surface area (Å²) in [4.78, 5) is 11.2. The Morgan fingerprint density at radius 1 is 1.07 bits per heavy atom. The van der Waals surface area contributed by atoms with Gasteiger partial charge in [-0.05, 0) is 60.5 Å². The zero-order chi connectivity index (χ0) is 19.6. The van der Waals surface area contributed by atoms with E-state index in [1.807, 2.05) is 30.6 Å². The normalized spacial score (nSPS) is 22.2. The quantitative estimate of drug-likeness (QED) is 0.633. The molecular weight excluding hydrogens is 378 g/mol.